The number of rotatable bonds is 4. The third-order valence-electron chi connectivity index (χ3n) is 2.91. The number of amides is 1. The standard InChI is InChI=1S/C16H14N2O2/c1-18(11-13-7-3-2-4-8-13)16(20)14-9-5-6-10-15(14)17-12-19/h2-10H,11H2,1H3. The van der Waals surface area contributed by atoms with Crippen molar-refractivity contribution in [3.8, 4) is 0 Å². The molecule has 2 rings (SSSR count). The van der Waals surface area contributed by atoms with Crippen molar-refractivity contribution in [2.45, 2.75) is 6.54 Å². The first kappa shape index (κ1) is 13.7. The predicted octanol–water partition coefficient (Wildman–Crippen LogP) is 2.93. The number of hydrogen-bond acceptors (Lipinski definition) is 3. The van der Waals surface area contributed by atoms with E-state index in [4.69, 9.17) is 0 Å². The van der Waals surface area contributed by atoms with E-state index < -0.39 is 0 Å². The highest BCUT2D eigenvalue weighted by Gasteiger charge is 2.15. The summed E-state index contributed by atoms with van der Waals surface area (Å²) in [5, 5.41) is 0. The molecular formula is C16H14N2O2. The van der Waals surface area contributed by atoms with Crippen LogP contribution in [0.3, 0.4) is 0 Å². The first-order valence-corrected chi connectivity index (χ1v) is 6.18. The van der Waals surface area contributed by atoms with Crippen molar-refractivity contribution in [1.82, 2.24) is 4.90 Å². The molecule has 1 amide bonds. The van der Waals surface area contributed by atoms with Crippen LogP contribution in [0.15, 0.2) is 59.6 Å². The van der Waals surface area contributed by atoms with Crippen molar-refractivity contribution in [2.75, 3.05) is 7.05 Å². The van der Waals surface area contributed by atoms with Crippen LogP contribution in [-0.2, 0) is 11.3 Å². The summed E-state index contributed by atoms with van der Waals surface area (Å²) in [6.07, 6.45) is 1.47. The van der Waals surface area contributed by atoms with Gasteiger partial charge in [0.15, 0.2) is 0 Å². The van der Waals surface area contributed by atoms with Gasteiger partial charge in [-0.2, -0.15) is 4.99 Å². The zero-order chi connectivity index (χ0) is 14.4. The average Bonchev–Trinajstić information content (AvgIpc) is 2.48. The molecule has 0 aliphatic rings. The van der Waals surface area contributed by atoms with Gasteiger partial charge in [-0.05, 0) is 17.7 Å². The maximum absolute atomic E-state index is 12.4. The van der Waals surface area contributed by atoms with Crippen LogP contribution >= 0.6 is 0 Å². The van der Waals surface area contributed by atoms with Crippen molar-refractivity contribution in [3.63, 3.8) is 0 Å². The normalized spacial score (nSPS) is 9.65. The van der Waals surface area contributed by atoms with E-state index in [2.05, 4.69) is 4.99 Å². The minimum Gasteiger partial charge on any atom is -0.337 e. The molecule has 4 heteroatoms. The van der Waals surface area contributed by atoms with E-state index in [1.54, 1.807) is 36.2 Å². The molecule has 0 fully saturated rings. The van der Waals surface area contributed by atoms with E-state index in [1.807, 2.05) is 30.3 Å². The summed E-state index contributed by atoms with van der Waals surface area (Å²) in [6.45, 7) is 0.499. The Kier molecular flexibility index (Phi) is 4.43. The van der Waals surface area contributed by atoms with Crippen molar-refractivity contribution in [2.24, 2.45) is 4.99 Å². The molecule has 0 saturated heterocycles. The van der Waals surface area contributed by atoms with Gasteiger partial charge in [0.1, 0.15) is 0 Å². The molecule has 0 unspecified atom stereocenters. The van der Waals surface area contributed by atoms with Gasteiger partial charge in [0.25, 0.3) is 5.91 Å². The van der Waals surface area contributed by atoms with Gasteiger partial charge in [-0.1, -0.05) is 42.5 Å². The Labute approximate surface area is 117 Å². The van der Waals surface area contributed by atoms with Crippen LogP contribution in [0.4, 0.5) is 5.69 Å². The van der Waals surface area contributed by atoms with Gasteiger partial charge in [-0.15, -0.1) is 0 Å². The maximum atomic E-state index is 12.4. The predicted molar refractivity (Wildman–Crippen MR) is 76.5 cm³/mol. The zero-order valence-electron chi connectivity index (χ0n) is 11.1. The number of carbonyl (C=O) groups is 1. The average molecular weight is 266 g/mol. The molecule has 0 aliphatic heterocycles. The molecule has 0 saturated carbocycles. The summed E-state index contributed by atoms with van der Waals surface area (Å²) in [6, 6.07) is 16.4. The fraction of sp³-hybridized carbons (Fsp3) is 0.125. The maximum Gasteiger partial charge on any atom is 0.256 e. The SMILES string of the molecule is CN(Cc1ccccc1)C(=O)c1ccccc1N=C=O. The highest BCUT2D eigenvalue weighted by Crippen LogP contribution is 2.20. The summed E-state index contributed by atoms with van der Waals surface area (Å²) in [5.41, 5.74) is 1.78. The molecule has 0 heterocycles. The summed E-state index contributed by atoms with van der Waals surface area (Å²) in [7, 11) is 1.72. The molecule has 0 aliphatic carbocycles. The lowest BCUT2D eigenvalue weighted by Crippen LogP contribution is -2.26. The molecule has 100 valence electrons. The zero-order valence-corrected chi connectivity index (χ0v) is 11.1. The minimum atomic E-state index is -0.177. The van der Waals surface area contributed by atoms with Gasteiger partial charge >= 0.3 is 0 Å². The number of benzene rings is 2. The Morgan fingerprint density at radius 1 is 1.10 bits per heavy atom. The first-order chi connectivity index (χ1) is 9.72. The highest BCUT2D eigenvalue weighted by molar-refractivity contribution is 5.99. The van der Waals surface area contributed by atoms with Gasteiger partial charge in [0.05, 0.1) is 11.3 Å². The van der Waals surface area contributed by atoms with Crippen LogP contribution in [0.2, 0.25) is 0 Å². The van der Waals surface area contributed by atoms with E-state index in [1.165, 1.54) is 6.08 Å². The molecular weight excluding hydrogens is 252 g/mol. The minimum absolute atomic E-state index is 0.177. The second kappa shape index (κ2) is 6.45. The number of para-hydroxylation sites is 1. The van der Waals surface area contributed by atoms with Crippen LogP contribution in [0, 0.1) is 0 Å². The van der Waals surface area contributed by atoms with Gasteiger partial charge in [0.2, 0.25) is 6.08 Å². The quantitative estimate of drug-likeness (QED) is 0.631. The molecule has 4 nitrogen and oxygen atoms in total. The molecule has 2 aromatic carbocycles. The Balaban J connectivity index is 2.21. The summed E-state index contributed by atoms with van der Waals surface area (Å²) >= 11 is 0. The first-order valence-electron chi connectivity index (χ1n) is 6.18. The van der Waals surface area contributed by atoms with E-state index in [9.17, 15) is 9.59 Å². The molecule has 2 aromatic rings. The Morgan fingerprint density at radius 2 is 1.75 bits per heavy atom. The van der Waals surface area contributed by atoms with E-state index in [-0.39, 0.29) is 5.91 Å². The molecule has 0 radical (unpaired) electrons. The van der Waals surface area contributed by atoms with Crippen LogP contribution < -0.4 is 0 Å². The monoisotopic (exact) mass is 266 g/mol. The van der Waals surface area contributed by atoms with Crippen LogP contribution in [0.1, 0.15) is 15.9 Å². The number of hydrogen-bond donors (Lipinski definition) is 0. The Hall–Kier alpha value is -2.71. The smallest absolute Gasteiger partial charge is 0.256 e. The molecule has 0 aromatic heterocycles. The van der Waals surface area contributed by atoms with E-state index in [0.717, 1.165) is 5.56 Å². The second-order valence-electron chi connectivity index (χ2n) is 4.37. The van der Waals surface area contributed by atoms with Crippen molar-refractivity contribution in [3.05, 3.63) is 65.7 Å². The molecule has 0 atom stereocenters. The molecule has 20 heavy (non-hydrogen) atoms. The van der Waals surface area contributed by atoms with Crippen molar-refractivity contribution in [1.29, 1.82) is 0 Å². The van der Waals surface area contributed by atoms with E-state index in [0.29, 0.717) is 17.8 Å². The van der Waals surface area contributed by atoms with Gasteiger partial charge < -0.3 is 4.90 Å². The number of carbonyl (C=O) groups excluding carboxylic acids is 2. The van der Waals surface area contributed by atoms with Crippen molar-refractivity contribution >= 4 is 17.7 Å². The second-order valence-corrected chi connectivity index (χ2v) is 4.37. The number of aliphatic imine (C=N–C) groups is 1. The fourth-order valence-electron chi connectivity index (χ4n) is 1.94. The lowest BCUT2D eigenvalue weighted by atomic mass is 10.1. The molecule has 0 bridgehead atoms. The third kappa shape index (κ3) is 3.19. The van der Waals surface area contributed by atoms with Gasteiger partial charge in [-0.3, -0.25) is 4.79 Å². The lowest BCUT2D eigenvalue weighted by molar-refractivity contribution is 0.0786. The van der Waals surface area contributed by atoms with Crippen LogP contribution in [0.5, 0.6) is 0 Å². The van der Waals surface area contributed by atoms with Crippen LogP contribution in [-0.4, -0.2) is 23.9 Å². The Bertz CT molecular complexity index is 647. The van der Waals surface area contributed by atoms with Crippen molar-refractivity contribution < 1.29 is 9.59 Å². The van der Waals surface area contributed by atoms with E-state index >= 15 is 0 Å². The number of isocyanates is 1. The fourth-order valence-corrected chi connectivity index (χ4v) is 1.94. The summed E-state index contributed by atoms with van der Waals surface area (Å²) in [4.78, 5) is 27.9. The largest absolute Gasteiger partial charge is 0.337 e. The van der Waals surface area contributed by atoms with Crippen LogP contribution in [0.25, 0.3) is 0 Å². The number of nitrogens with zero attached hydrogens (tertiary/aromatic N) is 2. The lowest BCUT2D eigenvalue weighted by Gasteiger charge is -2.18. The molecule has 0 spiro atoms. The topological polar surface area (TPSA) is 49.7 Å². The Morgan fingerprint density at radius 3 is 2.45 bits per heavy atom. The highest BCUT2D eigenvalue weighted by atomic mass is 16.2. The summed E-state index contributed by atoms with van der Waals surface area (Å²) < 4.78 is 0. The molecule has 0 N–H and O–H groups in total. The summed E-state index contributed by atoms with van der Waals surface area (Å²) in [5.74, 6) is -0.177. The van der Waals surface area contributed by atoms with Gasteiger partial charge in [-0.25, -0.2) is 4.79 Å². The van der Waals surface area contributed by atoms with Gasteiger partial charge in [0, 0.05) is 13.6 Å². The third-order valence-corrected chi connectivity index (χ3v) is 2.91.